The molecule has 0 saturated heterocycles. The second-order valence-electron chi connectivity index (χ2n) is 3.91. The van der Waals surface area contributed by atoms with Crippen molar-refractivity contribution >= 4 is 17.8 Å². The van der Waals surface area contributed by atoms with Gasteiger partial charge in [-0.25, -0.2) is 4.68 Å². The largest absolute Gasteiger partial charge is 0.454 e. The number of amides is 2. The Balaban J connectivity index is 1.75. The van der Waals surface area contributed by atoms with Crippen molar-refractivity contribution in [2.24, 2.45) is 0 Å². The highest BCUT2D eigenvalue weighted by Gasteiger charge is 2.12. The Labute approximate surface area is 118 Å². The van der Waals surface area contributed by atoms with Gasteiger partial charge in [0.1, 0.15) is 12.9 Å². The summed E-state index contributed by atoms with van der Waals surface area (Å²) >= 11 is 0. The Hall–Kier alpha value is -3.10. The molecule has 1 N–H and O–H groups in total. The Morgan fingerprint density at radius 2 is 1.95 bits per heavy atom. The smallest absolute Gasteiger partial charge is 0.328 e. The number of carbonyl (C=O) groups is 3. The van der Waals surface area contributed by atoms with Crippen LogP contribution in [0.25, 0.3) is 0 Å². The van der Waals surface area contributed by atoms with E-state index in [0.29, 0.717) is 5.56 Å². The lowest BCUT2D eigenvalue weighted by molar-refractivity contribution is -0.149. The van der Waals surface area contributed by atoms with Gasteiger partial charge in [-0.15, -0.1) is 5.10 Å². The number of nitrogens with one attached hydrogen (secondary N) is 1. The van der Waals surface area contributed by atoms with Crippen LogP contribution in [0.4, 0.5) is 0 Å². The van der Waals surface area contributed by atoms with E-state index in [9.17, 15) is 14.4 Å². The summed E-state index contributed by atoms with van der Waals surface area (Å²) in [6, 6.07) is 8.22. The lowest BCUT2D eigenvalue weighted by Gasteiger charge is -2.05. The fourth-order valence-corrected chi connectivity index (χ4v) is 1.40. The van der Waals surface area contributed by atoms with Gasteiger partial charge in [0.05, 0.1) is 0 Å². The van der Waals surface area contributed by atoms with Crippen LogP contribution in [0, 0.1) is 0 Å². The van der Waals surface area contributed by atoms with Gasteiger partial charge in [-0.05, 0) is 22.6 Å². The summed E-state index contributed by atoms with van der Waals surface area (Å²) in [5.74, 6) is -1.96. The molecule has 21 heavy (non-hydrogen) atoms. The number of aromatic nitrogens is 4. The standard InChI is InChI=1S/C12H11N5O4/c18-10(14-12(20)9-4-2-1-3-5-9)7-21-11(19)6-17-8-13-15-16-17/h1-5,8H,6-7H2,(H,14,18,20). The highest BCUT2D eigenvalue weighted by molar-refractivity contribution is 6.05. The summed E-state index contributed by atoms with van der Waals surface area (Å²) in [4.78, 5) is 34.5. The lowest BCUT2D eigenvalue weighted by Crippen LogP contribution is -2.34. The van der Waals surface area contributed by atoms with Crippen LogP contribution in [0.1, 0.15) is 10.4 Å². The predicted octanol–water partition coefficient (Wildman–Crippen LogP) is -0.827. The highest BCUT2D eigenvalue weighted by atomic mass is 16.5. The van der Waals surface area contributed by atoms with Gasteiger partial charge >= 0.3 is 5.97 Å². The number of ether oxygens (including phenoxy) is 1. The number of imide groups is 1. The number of hydrogen-bond donors (Lipinski definition) is 1. The van der Waals surface area contributed by atoms with Gasteiger partial charge < -0.3 is 4.74 Å². The van der Waals surface area contributed by atoms with E-state index >= 15 is 0 Å². The molecule has 2 rings (SSSR count). The van der Waals surface area contributed by atoms with Crippen molar-refractivity contribution < 1.29 is 19.1 Å². The SMILES string of the molecule is O=C(COC(=O)Cn1cnnn1)NC(=O)c1ccccc1. The zero-order valence-corrected chi connectivity index (χ0v) is 10.8. The molecule has 1 aromatic carbocycles. The zero-order chi connectivity index (χ0) is 15.1. The Kier molecular flexibility index (Phi) is 4.70. The summed E-state index contributed by atoms with van der Waals surface area (Å²) in [7, 11) is 0. The fourth-order valence-electron chi connectivity index (χ4n) is 1.40. The zero-order valence-electron chi connectivity index (χ0n) is 10.8. The van der Waals surface area contributed by atoms with Crippen molar-refractivity contribution in [1.82, 2.24) is 25.5 Å². The van der Waals surface area contributed by atoms with E-state index in [1.165, 1.54) is 6.33 Å². The number of nitrogens with zero attached hydrogens (tertiary/aromatic N) is 4. The molecule has 0 saturated carbocycles. The summed E-state index contributed by atoms with van der Waals surface area (Å²) in [5.41, 5.74) is 0.339. The summed E-state index contributed by atoms with van der Waals surface area (Å²) < 4.78 is 5.84. The molecule has 108 valence electrons. The molecule has 0 aliphatic rings. The van der Waals surface area contributed by atoms with Crippen LogP contribution < -0.4 is 5.32 Å². The maximum Gasteiger partial charge on any atom is 0.328 e. The molecule has 1 heterocycles. The van der Waals surface area contributed by atoms with Crippen molar-refractivity contribution in [2.45, 2.75) is 6.54 Å². The second kappa shape index (κ2) is 6.89. The van der Waals surface area contributed by atoms with Crippen molar-refractivity contribution in [2.75, 3.05) is 6.61 Å². The molecular formula is C12H11N5O4. The van der Waals surface area contributed by atoms with Crippen LogP contribution in [0.5, 0.6) is 0 Å². The molecule has 0 aliphatic carbocycles. The van der Waals surface area contributed by atoms with Crippen LogP contribution in [0.2, 0.25) is 0 Å². The highest BCUT2D eigenvalue weighted by Crippen LogP contribution is 1.97. The number of benzene rings is 1. The Morgan fingerprint density at radius 1 is 1.19 bits per heavy atom. The fraction of sp³-hybridized carbons (Fsp3) is 0.167. The molecule has 0 fully saturated rings. The minimum Gasteiger partial charge on any atom is -0.454 e. The minimum absolute atomic E-state index is 0.215. The first-order valence-corrected chi connectivity index (χ1v) is 5.91. The van der Waals surface area contributed by atoms with Crippen molar-refractivity contribution in [1.29, 1.82) is 0 Å². The molecule has 0 aliphatic heterocycles. The molecule has 2 aromatic rings. The lowest BCUT2D eigenvalue weighted by atomic mass is 10.2. The third kappa shape index (κ3) is 4.49. The quantitative estimate of drug-likeness (QED) is 0.714. The van der Waals surface area contributed by atoms with Gasteiger partial charge in [0, 0.05) is 5.56 Å². The summed E-state index contributed by atoms with van der Waals surface area (Å²) in [6.45, 7) is -0.771. The van der Waals surface area contributed by atoms with E-state index in [4.69, 9.17) is 4.74 Å². The van der Waals surface area contributed by atoms with E-state index < -0.39 is 24.4 Å². The van der Waals surface area contributed by atoms with E-state index in [-0.39, 0.29) is 6.54 Å². The third-order valence-electron chi connectivity index (χ3n) is 2.34. The molecule has 0 radical (unpaired) electrons. The van der Waals surface area contributed by atoms with Gasteiger partial charge in [-0.3, -0.25) is 19.7 Å². The normalized spacial score (nSPS) is 9.90. The molecule has 1 aromatic heterocycles. The van der Waals surface area contributed by atoms with E-state index in [1.807, 2.05) is 0 Å². The van der Waals surface area contributed by atoms with Crippen molar-refractivity contribution in [3.05, 3.63) is 42.2 Å². The predicted molar refractivity (Wildman–Crippen MR) is 67.7 cm³/mol. The summed E-state index contributed by atoms with van der Waals surface area (Å²) in [6.07, 6.45) is 1.24. The number of tetrazole rings is 1. The molecule has 0 bridgehead atoms. The molecule has 0 unspecified atom stereocenters. The second-order valence-corrected chi connectivity index (χ2v) is 3.91. The average molecular weight is 289 g/mol. The van der Waals surface area contributed by atoms with Crippen molar-refractivity contribution in [3.63, 3.8) is 0 Å². The third-order valence-corrected chi connectivity index (χ3v) is 2.34. The average Bonchev–Trinajstić information content (AvgIpc) is 2.99. The topological polar surface area (TPSA) is 116 Å². The maximum atomic E-state index is 11.7. The Bertz CT molecular complexity index is 626. The summed E-state index contributed by atoms with van der Waals surface area (Å²) in [5, 5.41) is 12.3. The molecule has 9 nitrogen and oxygen atoms in total. The van der Waals surface area contributed by atoms with Gasteiger partial charge in [-0.2, -0.15) is 0 Å². The minimum atomic E-state index is -0.714. The number of hydrogen-bond acceptors (Lipinski definition) is 7. The van der Waals surface area contributed by atoms with Gasteiger partial charge in [-0.1, -0.05) is 18.2 Å². The van der Waals surface area contributed by atoms with Gasteiger partial charge in [0.25, 0.3) is 11.8 Å². The van der Waals surface area contributed by atoms with E-state index in [1.54, 1.807) is 30.3 Å². The first-order chi connectivity index (χ1) is 10.1. The van der Waals surface area contributed by atoms with Crippen LogP contribution in [-0.2, 0) is 20.9 Å². The molecule has 2 amide bonds. The first-order valence-electron chi connectivity index (χ1n) is 5.91. The van der Waals surface area contributed by atoms with Gasteiger partial charge in [0.2, 0.25) is 0 Å². The van der Waals surface area contributed by atoms with Crippen LogP contribution in [0.15, 0.2) is 36.7 Å². The monoisotopic (exact) mass is 289 g/mol. The Morgan fingerprint density at radius 3 is 2.62 bits per heavy atom. The van der Waals surface area contributed by atoms with Crippen LogP contribution in [0.3, 0.4) is 0 Å². The van der Waals surface area contributed by atoms with E-state index in [0.717, 1.165) is 4.68 Å². The van der Waals surface area contributed by atoms with E-state index in [2.05, 4.69) is 20.8 Å². The molecule has 0 atom stereocenters. The molecule has 9 heteroatoms. The maximum absolute atomic E-state index is 11.7. The number of carbonyl (C=O) groups excluding carboxylic acids is 3. The van der Waals surface area contributed by atoms with Crippen molar-refractivity contribution in [3.8, 4) is 0 Å². The van der Waals surface area contributed by atoms with Gasteiger partial charge in [0.15, 0.2) is 6.61 Å². The first kappa shape index (κ1) is 14.3. The molecule has 0 spiro atoms. The number of rotatable bonds is 5. The van der Waals surface area contributed by atoms with Crippen LogP contribution >= 0.6 is 0 Å². The number of esters is 1. The molecular weight excluding hydrogens is 278 g/mol. The van der Waals surface area contributed by atoms with Crippen LogP contribution in [-0.4, -0.2) is 44.6 Å².